The molecule has 5 nitrogen and oxygen atoms in total. The number of hydrogen-bond acceptors (Lipinski definition) is 4. The Hall–Kier alpha value is -3.18. The molecule has 1 aliphatic rings. The van der Waals surface area contributed by atoms with Crippen LogP contribution < -0.4 is 0 Å². The minimum Gasteiger partial charge on any atom is -0.481 e. The molecule has 0 saturated heterocycles. The molecule has 1 N–H and O–H groups in total. The topological polar surface area (TPSA) is 76.0 Å². The molecule has 0 saturated carbocycles. The van der Waals surface area contributed by atoms with Gasteiger partial charge in [0.25, 0.3) is 0 Å². The van der Waals surface area contributed by atoms with Crippen LogP contribution in [0.3, 0.4) is 0 Å². The molecule has 31 heavy (non-hydrogen) atoms. The van der Waals surface area contributed by atoms with E-state index in [1.165, 1.54) is 0 Å². The van der Waals surface area contributed by atoms with Crippen molar-refractivity contribution in [2.45, 2.75) is 26.2 Å². The summed E-state index contributed by atoms with van der Waals surface area (Å²) in [6.45, 7) is 3.62. The van der Waals surface area contributed by atoms with Crippen molar-refractivity contribution in [2.75, 3.05) is 6.61 Å². The maximum Gasteiger partial charge on any atom is 0.336 e. The van der Waals surface area contributed by atoms with Gasteiger partial charge >= 0.3 is 11.9 Å². The van der Waals surface area contributed by atoms with Gasteiger partial charge < -0.3 is 9.84 Å². The Morgan fingerprint density at radius 2 is 1.90 bits per heavy atom. The Labute approximate surface area is 186 Å². The number of esters is 1. The molecule has 0 spiro atoms. The first-order valence-corrected chi connectivity index (χ1v) is 10.4. The molecule has 0 bridgehead atoms. The Bertz CT molecular complexity index is 1060. The molecule has 0 fully saturated rings. The van der Waals surface area contributed by atoms with Crippen LogP contribution in [-0.2, 0) is 14.3 Å². The molecular formula is C25H24ClNO4. The van der Waals surface area contributed by atoms with E-state index in [0.29, 0.717) is 28.4 Å². The second-order valence-corrected chi connectivity index (χ2v) is 7.66. The Morgan fingerprint density at radius 3 is 2.55 bits per heavy atom. The van der Waals surface area contributed by atoms with Crippen molar-refractivity contribution >= 4 is 35.3 Å². The van der Waals surface area contributed by atoms with Crippen LogP contribution in [-0.4, -0.2) is 29.4 Å². The molecule has 0 amide bonds. The molecule has 6 heteroatoms. The van der Waals surface area contributed by atoms with E-state index in [9.17, 15) is 14.7 Å². The number of aliphatic carboxylic acids is 1. The van der Waals surface area contributed by atoms with Crippen LogP contribution in [0, 0.1) is 5.92 Å². The summed E-state index contributed by atoms with van der Waals surface area (Å²) in [5.41, 5.74) is 2.90. The van der Waals surface area contributed by atoms with E-state index in [0.717, 1.165) is 5.56 Å². The Morgan fingerprint density at radius 1 is 1.16 bits per heavy atom. The summed E-state index contributed by atoms with van der Waals surface area (Å²) in [5, 5.41) is 10.4. The highest BCUT2D eigenvalue weighted by atomic mass is 35.5. The van der Waals surface area contributed by atoms with Gasteiger partial charge in [-0.25, -0.2) is 4.79 Å². The van der Waals surface area contributed by atoms with E-state index in [-0.39, 0.29) is 12.2 Å². The zero-order chi connectivity index (χ0) is 22.4. The van der Waals surface area contributed by atoms with Gasteiger partial charge in [-0.1, -0.05) is 67.1 Å². The molecule has 2 atom stereocenters. The average molecular weight is 438 g/mol. The van der Waals surface area contributed by atoms with Crippen LogP contribution in [0.15, 0.2) is 76.9 Å². The summed E-state index contributed by atoms with van der Waals surface area (Å²) in [4.78, 5) is 29.7. The SMILES string of the molecule is CCC1=C(C(=O)OCC=Cc2ccccc2)C(c2cccc(Cl)c2)C(C(=O)O)C(C)=N1. The van der Waals surface area contributed by atoms with Crippen LogP contribution in [0.25, 0.3) is 6.08 Å². The van der Waals surface area contributed by atoms with Crippen molar-refractivity contribution in [3.63, 3.8) is 0 Å². The number of halogens is 1. The average Bonchev–Trinajstić information content (AvgIpc) is 2.76. The molecule has 2 aromatic rings. The first-order valence-electron chi connectivity index (χ1n) is 10.1. The highest BCUT2D eigenvalue weighted by Gasteiger charge is 2.42. The largest absolute Gasteiger partial charge is 0.481 e. The number of aliphatic imine (C=N–C) groups is 1. The van der Waals surface area contributed by atoms with Crippen LogP contribution in [0.2, 0.25) is 5.02 Å². The fraction of sp³-hybridized carbons (Fsp3) is 0.240. The maximum absolute atomic E-state index is 13.1. The number of allylic oxidation sites excluding steroid dienone is 1. The first-order chi connectivity index (χ1) is 14.9. The van der Waals surface area contributed by atoms with Crippen molar-refractivity contribution in [1.82, 2.24) is 0 Å². The number of carboxylic acid groups (broad SMARTS) is 1. The monoisotopic (exact) mass is 437 g/mol. The number of nitrogens with zero attached hydrogens (tertiary/aromatic N) is 1. The molecule has 1 aliphatic heterocycles. The van der Waals surface area contributed by atoms with Crippen molar-refractivity contribution in [2.24, 2.45) is 10.9 Å². The number of carbonyl (C=O) groups is 2. The van der Waals surface area contributed by atoms with Gasteiger partial charge in [-0.3, -0.25) is 9.79 Å². The third-order valence-corrected chi connectivity index (χ3v) is 5.40. The summed E-state index contributed by atoms with van der Waals surface area (Å²) in [5.74, 6) is -3.32. The molecular weight excluding hydrogens is 414 g/mol. The summed E-state index contributed by atoms with van der Waals surface area (Å²) in [6.07, 6.45) is 4.09. The zero-order valence-corrected chi connectivity index (χ0v) is 18.2. The number of carboxylic acids is 1. The molecule has 2 aromatic carbocycles. The van der Waals surface area contributed by atoms with Gasteiger partial charge in [0.2, 0.25) is 0 Å². The molecule has 0 radical (unpaired) electrons. The van der Waals surface area contributed by atoms with Crippen LogP contribution in [0.4, 0.5) is 0 Å². The fourth-order valence-corrected chi connectivity index (χ4v) is 3.97. The molecule has 160 valence electrons. The Kier molecular flexibility index (Phi) is 7.42. The maximum atomic E-state index is 13.1. The van der Waals surface area contributed by atoms with E-state index >= 15 is 0 Å². The number of carbonyl (C=O) groups excluding carboxylic acids is 1. The zero-order valence-electron chi connectivity index (χ0n) is 17.4. The number of hydrogen-bond donors (Lipinski definition) is 1. The minimum absolute atomic E-state index is 0.0664. The van der Waals surface area contributed by atoms with E-state index in [1.54, 1.807) is 37.3 Å². The lowest BCUT2D eigenvalue weighted by molar-refractivity contribution is -0.140. The van der Waals surface area contributed by atoms with Gasteiger partial charge in [-0.2, -0.15) is 0 Å². The third kappa shape index (κ3) is 5.30. The minimum atomic E-state index is -1.05. The first kappa shape index (κ1) is 22.5. The number of rotatable bonds is 7. The normalized spacial score (nSPS) is 18.7. The van der Waals surface area contributed by atoms with Crippen molar-refractivity contribution in [1.29, 1.82) is 0 Å². The second kappa shape index (κ2) is 10.2. The lowest BCUT2D eigenvalue weighted by Crippen LogP contribution is -2.35. The van der Waals surface area contributed by atoms with Crippen molar-refractivity contribution in [3.05, 3.63) is 88.1 Å². The van der Waals surface area contributed by atoms with E-state index < -0.39 is 23.8 Å². The predicted molar refractivity (Wildman–Crippen MR) is 122 cm³/mol. The number of benzene rings is 2. The summed E-state index contributed by atoms with van der Waals surface area (Å²) in [7, 11) is 0. The summed E-state index contributed by atoms with van der Waals surface area (Å²) >= 11 is 6.17. The number of ether oxygens (including phenoxy) is 1. The van der Waals surface area contributed by atoms with Gasteiger partial charge in [0, 0.05) is 16.7 Å². The summed E-state index contributed by atoms with van der Waals surface area (Å²) < 4.78 is 5.50. The van der Waals surface area contributed by atoms with Gasteiger partial charge in [-0.05, 0) is 42.7 Å². The predicted octanol–water partition coefficient (Wildman–Crippen LogP) is 5.52. The molecule has 3 rings (SSSR count). The highest BCUT2D eigenvalue weighted by molar-refractivity contribution is 6.30. The lowest BCUT2D eigenvalue weighted by atomic mass is 9.75. The van der Waals surface area contributed by atoms with Gasteiger partial charge in [0.1, 0.15) is 12.5 Å². The van der Waals surface area contributed by atoms with Crippen molar-refractivity contribution < 1.29 is 19.4 Å². The van der Waals surface area contributed by atoms with Crippen LogP contribution in [0.5, 0.6) is 0 Å². The Balaban J connectivity index is 1.93. The van der Waals surface area contributed by atoms with E-state index in [2.05, 4.69) is 4.99 Å². The van der Waals surface area contributed by atoms with E-state index in [1.807, 2.05) is 43.3 Å². The molecule has 2 unspecified atom stereocenters. The van der Waals surface area contributed by atoms with Crippen LogP contribution in [0.1, 0.15) is 37.3 Å². The van der Waals surface area contributed by atoms with Crippen LogP contribution >= 0.6 is 11.6 Å². The quantitative estimate of drug-likeness (QED) is 0.578. The molecule has 0 aliphatic carbocycles. The standard InChI is InChI=1S/C25H24ClNO4/c1-3-20-23(25(30)31-14-8-11-17-9-5-4-6-10-17)22(18-12-7-13-19(26)15-18)21(24(28)29)16(2)27-20/h4-13,15,21-22H,3,14H2,1-2H3,(H,28,29). The smallest absolute Gasteiger partial charge is 0.336 e. The fourth-order valence-electron chi connectivity index (χ4n) is 3.77. The van der Waals surface area contributed by atoms with E-state index in [4.69, 9.17) is 16.3 Å². The second-order valence-electron chi connectivity index (χ2n) is 7.23. The van der Waals surface area contributed by atoms with Gasteiger partial charge in [-0.15, -0.1) is 0 Å². The summed E-state index contributed by atoms with van der Waals surface area (Å²) in [6, 6.07) is 16.6. The van der Waals surface area contributed by atoms with Crippen molar-refractivity contribution in [3.8, 4) is 0 Å². The lowest BCUT2D eigenvalue weighted by Gasteiger charge is -2.31. The van der Waals surface area contributed by atoms with Gasteiger partial charge in [0.05, 0.1) is 11.3 Å². The molecule has 0 aromatic heterocycles. The van der Waals surface area contributed by atoms with Gasteiger partial charge in [0.15, 0.2) is 0 Å². The molecule has 1 heterocycles. The third-order valence-electron chi connectivity index (χ3n) is 5.17. The highest BCUT2D eigenvalue weighted by Crippen LogP contribution is 2.41.